The van der Waals surface area contributed by atoms with E-state index in [4.69, 9.17) is 0 Å². The molecule has 0 rings (SSSR count). The number of hydrogen-bond acceptors (Lipinski definition) is 9. The molecule has 0 bridgehead atoms. The molecule has 206 valence electrons. The number of rotatable bonds is 23. The molecule has 0 amide bonds. The van der Waals surface area contributed by atoms with Crippen molar-refractivity contribution in [3.8, 4) is 0 Å². The fourth-order valence-electron chi connectivity index (χ4n) is 4.11. The SMILES string of the molecule is CC(O)CNCCCN(CCCCN(CCCN(CC(C)O)CC(O)I)CC(C)O)CC(C)O. The van der Waals surface area contributed by atoms with Gasteiger partial charge in [-0.15, -0.1) is 0 Å². The third-order valence-corrected chi connectivity index (χ3v) is 5.79. The Bertz CT molecular complexity index is 449. The molecule has 0 aromatic rings. The van der Waals surface area contributed by atoms with Gasteiger partial charge in [0, 0.05) is 32.7 Å². The van der Waals surface area contributed by atoms with Gasteiger partial charge < -0.3 is 40.6 Å². The smallest absolute Gasteiger partial charge is 0.117 e. The van der Waals surface area contributed by atoms with Crippen LogP contribution in [0, 0.1) is 0 Å². The highest BCUT2D eigenvalue weighted by Gasteiger charge is 2.14. The summed E-state index contributed by atoms with van der Waals surface area (Å²) >= 11 is 1.99. The quantitative estimate of drug-likeness (QED) is 0.0557. The molecule has 0 spiro atoms. The van der Waals surface area contributed by atoms with Crippen molar-refractivity contribution in [2.45, 2.75) is 81.9 Å². The van der Waals surface area contributed by atoms with Gasteiger partial charge in [-0.05, 0) is 92.6 Å². The number of nitrogens with zero attached hydrogens (tertiary/aromatic N) is 3. The first kappa shape index (κ1) is 34.4. The van der Waals surface area contributed by atoms with Gasteiger partial charge in [-0.3, -0.25) is 4.90 Å². The zero-order valence-corrected chi connectivity index (χ0v) is 24.1. The van der Waals surface area contributed by atoms with E-state index in [2.05, 4.69) is 20.0 Å². The van der Waals surface area contributed by atoms with Crippen LogP contribution in [-0.4, -0.2) is 141 Å². The highest BCUT2D eigenvalue weighted by atomic mass is 127. The maximum Gasteiger partial charge on any atom is 0.117 e. The van der Waals surface area contributed by atoms with E-state index in [1.807, 2.05) is 36.4 Å². The molecular weight excluding hydrogens is 551 g/mol. The lowest BCUT2D eigenvalue weighted by Crippen LogP contribution is -2.39. The van der Waals surface area contributed by atoms with Crippen LogP contribution in [0.1, 0.15) is 53.4 Å². The minimum absolute atomic E-state index is 0.336. The molecule has 0 fully saturated rings. The average Bonchev–Trinajstić information content (AvgIpc) is 2.68. The molecule has 0 saturated carbocycles. The molecule has 0 aliphatic carbocycles. The third-order valence-electron chi connectivity index (χ3n) is 5.39. The molecule has 0 aliphatic heterocycles. The Morgan fingerprint density at radius 3 is 1.41 bits per heavy atom. The molecule has 10 heteroatoms. The van der Waals surface area contributed by atoms with Gasteiger partial charge in [0.2, 0.25) is 0 Å². The molecule has 0 heterocycles. The van der Waals surface area contributed by atoms with Crippen molar-refractivity contribution in [3.05, 3.63) is 0 Å². The summed E-state index contributed by atoms with van der Waals surface area (Å²) in [7, 11) is 0. The topological polar surface area (TPSA) is 123 Å². The standard InChI is InChI=1S/C24H53IN4O5/c1-20(30)15-26-9-7-12-27(16-21(2)31)10-5-6-11-28(17-22(3)32)13-8-14-29(18-23(4)33)19-24(25)34/h20-24,26,30-34H,5-19H2,1-4H3. The van der Waals surface area contributed by atoms with Crippen LogP contribution >= 0.6 is 22.6 Å². The first-order valence-corrected chi connectivity index (χ1v) is 14.2. The lowest BCUT2D eigenvalue weighted by Gasteiger charge is -2.28. The Morgan fingerprint density at radius 1 is 0.559 bits per heavy atom. The van der Waals surface area contributed by atoms with Gasteiger partial charge in [0.05, 0.1) is 24.4 Å². The predicted octanol–water partition coefficient (Wildman–Crippen LogP) is 0.319. The fraction of sp³-hybridized carbons (Fsp3) is 1.00. The molecule has 0 aromatic carbocycles. The first-order valence-electron chi connectivity index (χ1n) is 12.9. The van der Waals surface area contributed by atoms with E-state index in [9.17, 15) is 25.5 Å². The number of unbranched alkanes of at least 4 members (excludes halogenated alkanes) is 1. The lowest BCUT2D eigenvalue weighted by atomic mass is 10.2. The molecule has 0 saturated heterocycles. The molecule has 5 unspecified atom stereocenters. The maximum atomic E-state index is 9.91. The maximum absolute atomic E-state index is 9.91. The summed E-state index contributed by atoms with van der Waals surface area (Å²) < 4.78 is -0.455. The van der Waals surface area contributed by atoms with Crippen LogP contribution in [0.3, 0.4) is 0 Å². The summed E-state index contributed by atoms with van der Waals surface area (Å²) in [6.45, 7) is 15.4. The van der Waals surface area contributed by atoms with Crippen molar-refractivity contribution < 1.29 is 25.5 Å². The number of hydrogen-bond donors (Lipinski definition) is 6. The number of alkyl halides is 1. The lowest BCUT2D eigenvalue weighted by molar-refractivity contribution is 0.0958. The van der Waals surface area contributed by atoms with E-state index in [0.717, 1.165) is 65.0 Å². The Labute approximate surface area is 221 Å². The summed E-state index contributed by atoms with van der Waals surface area (Å²) in [5, 5.41) is 51.7. The van der Waals surface area contributed by atoms with Crippen LogP contribution in [0.15, 0.2) is 0 Å². The molecule has 0 aliphatic rings. The van der Waals surface area contributed by atoms with Crippen LogP contribution in [0.25, 0.3) is 0 Å². The molecule has 6 N–H and O–H groups in total. The van der Waals surface area contributed by atoms with Crippen LogP contribution in [-0.2, 0) is 0 Å². The fourth-order valence-corrected chi connectivity index (χ4v) is 4.66. The molecule has 5 atom stereocenters. The zero-order valence-electron chi connectivity index (χ0n) is 21.9. The highest BCUT2D eigenvalue weighted by molar-refractivity contribution is 14.1. The average molecular weight is 605 g/mol. The van der Waals surface area contributed by atoms with Gasteiger partial charge >= 0.3 is 0 Å². The number of aliphatic hydroxyl groups is 5. The van der Waals surface area contributed by atoms with Gasteiger partial charge in [0.25, 0.3) is 0 Å². The first-order chi connectivity index (χ1) is 16.0. The van der Waals surface area contributed by atoms with Crippen molar-refractivity contribution >= 4 is 22.6 Å². The Kier molecular flexibility index (Phi) is 21.7. The van der Waals surface area contributed by atoms with Crippen LogP contribution in [0.4, 0.5) is 0 Å². The molecular formula is C24H53IN4O5. The number of halogens is 1. The summed E-state index contributed by atoms with van der Waals surface area (Å²) in [6, 6.07) is 0. The Hall–Kier alpha value is 0.370. The van der Waals surface area contributed by atoms with E-state index >= 15 is 0 Å². The molecule has 0 radical (unpaired) electrons. The van der Waals surface area contributed by atoms with Crippen molar-refractivity contribution in [2.24, 2.45) is 0 Å². The molecule has 0 aromatic heterocycles. The van der Waals surface area contributed by atoms with Gasteiger partial charge in [0.15, 0.2) is 0 Å². The van der Waals surface area contributed by atoms with Crippen molar-refractivity contribution in [1.82, 2.24) is 20.0 Å². The van der Waals surface area contributed by atoms with E-state index in [1.165, 1.54) is 0 Å². The Morgan fingerprint density at radius 2 is 0.971 bits per heavy atom. The second-order valence-corrected chi connectivity index (χ2v) is 11.2. The summed E-state index contributed by atoms with van der Waals surface area (Å²) in [5.74, 6) is 0. The number of nitrogens with one attached hydrogen (secondary N) is 1. The summed E-state index contributed by atoms with van der Waals surface area (Å²) in [5.41, 5.74) is 0. The second kappa shape index (κ2) is 21.5. The predicted molar refractivity (Wildman–Crippen MR) is 147 cm³/mol. The van der Waals surface area contributed by atoms with Crippen LogP contribution < -0.4 is 5.32 Å². The monoisotopic (exact) mass is 604 g/mol. The van der Waals surface area contributed by atoms with Crippen molar-refractivity contribution in [3.63, 3.8) is 0 Å². The van der Waals surface area contributed by atoms with E-state index in [1.54, 1.807) is 13.8 Å². The van der Waals surface area contributed by atoms with Gasteiger partial charge in [-0.25, -0.2) is 0 Å². The minimum Gasteiger partial charge on any atom is -0.392 e. The normalized spacial score (nSPS) is 16.9. The van der Waals surface area contributed by atoms with Crippen molar-refractivity contribution in [1.29, 1.82) is 0 Å². The van der Waals surface area contributed by atoms with Crippen LogP contribution in [0.2, 0.25) is 0 Å². The Balaban J connectivity index is 4.42. The minimum atomic E-state index is -0.455. The largest absolute Gasteiger partial charge is 0.392 e. The van der Waals surface area contributed by atoms with E-state index in [-0.39, 0.29) is 18.3 Å². The van der Waals surface area contributed by atoms with Gasteiger partial charge in [-0.2, -0.15) is 0 Å². The number of aliphatic hydroxyl groups excluding tert-OH is 5. The third kappa shape index (κ3) is 22.8. The summed E-state index contributed by atoms with van der Waals surface area (Å²) in [6.07, 6.45) is 2.43. The summed E-state index contributed by atoms with van der Waals surface area (Å²) in [4.78, 5) is 6.69. The highest BCUT2D eigenvalue weighted by Crippen LogP contribution is 2.06. The van der Waals surface area contributed by atoms with E-state index < -0.39 is 10.2 Å². The van der Waals surface area contributed by atoms with Crippen molar-refractivity contribution in [2.75, 3.05) is 72.0 Å². The van der Waals surface area contributed by atoms with Crippen LogP contribution in [0.5, 0.6) is 0 Å². The van der Waals surface area contributed by atoms with E-state index in [0.29, 0.717) is 32.7 Å². The van der Waals surface area contributed by atoms with Gasteiger partial charge in [-0.1, -0.05) is 22.6 Å². The van der Waals surface area contributed by atoms with Gasteiger partial charge in [0.1, 0.15) is 4.11 Å². The molecule has 9 nitrogen and oxygen atoms in total. The second-order valence-electron chi connectivity index (χ2n) is 9.81. The zero-order chi connectivity index (χ0) is 25.9. The molecule has 34 heavy (non-hydrogen) atoms.